The Balaban J connectivity index is 1.96. The molecule has 138 valence electrons. The fourth-order valence-electron chi connectivity index (χ4n) is 3.76. The van der Waals surface area contributed by atoms with E-state index in [1.54, 1.807) is 0 Å². The number of aliphatic carboxylic acids is 1. The Bertz CT molecular complexity index is 740. The summed E-state index contributed by atoms with van der Waals surface area (Å²) in [6.07, 6.45) is 1.69. The average molecular weight is 416 g/mol. The molecule has 3 nitrogen and oxygen atoms in total. The fourth-order valence-corrected chi connectivity index (χ4v) is 4.03. The van der Waals surface area contributed by atoms with Gasteiger partial charge in [0.25, 0.3) is 0 Å². The van der Waals surface area contributed by atoms with E-state index in [4.69, 9.17) is 0 Å². The molecule has 1 aliphatic heterocycles. The third-order valence-electron chi connectivity index (χ3n) is 5.27. The summed E-state index contributed by atoms with van der Waals surface area (Å²) < 4.78 is 1.05. The second-order valence-electron chi connectivity index (χ2n) is 7.45. The zero-order valence-corrected chi connectivity index (χ0v) is 16.9. The van der Waals surface area contributed by atoms with Crippen LogP contribution >= 0.6 is 15.9 Å². The molecule has 0 amide bonds. The Hall–Kier alpha value is -1.65. The number of carbonyl (C=O) groups is 1. The summed E-state index contributed by atoms with van der Waals surface area (Å²) >= 11 is 3.51. The minimum absolute atomic E-state index is 0.0893. The molecular weight excluding hydrogens is 390 g/mol. The molecule has 0 spiro atoms. The van der Waals surface area contributed by atoms with Crippen LogP contribution < -0.4 is 0 Å². The van der Waals surface area contributed by atoms with Gasteiger partial charge in [0.05, 0.1) is 12.0 Å². The van der Waals surface area contributed by atoms with Crippen molar-refractivity contribution in [1.29, 1.82) is 0 Å². The first kappa shape index (κ1) is 19.1. The highest BCUT2D eigenvalue weighted by Gasteiger charge is 2.31. The molecule has 1 N–H and O–H groups in total. The normalized spacial score (nSPS) is 19.5. The molecular formula is C22H26BrNO2. The molecule has 0 aromatic heterocycles. The molecule has 0 radical (unpaired) electrons. The van der Waals surface area contributed by atoms with E-state index in [1.165, 1.54) is 16.7 Å². The number of hydrogen-bond donors (Lipinski definition) is 1. The zero-order chi connectivity index (χ0) is 18.7. The molecule has 2 aromatic rings. The fraction of sp³-hybridized carbons (Fsp3) is 0.409. The third kappa shape index (κ3) is 4.36. The van der Waals surface area contributed by atoms with E-state index < -0.39 is 5.97 Å². The predicted octanol–water partition coefficient (Wildman–Crippen LogP) is 5.46. The molecule has 1 heterocycles. The molecule has 1 fully saturated rings. The first-order chi connectivity index (χ1) is 12.5. The third-order valence-corrected chi connectivity index (χ3v) is 5.80. The summed E-state index contributed by atoms with van der Waals surface area (Å²) in [5, 5.41) is 9.48. The van der Waals surface area contributed by atoms with E-state index in [1.807, 2.05) is 0 Å². The first-order valence-electron chi connectivity index (χ1n) is 9.28. The quantitative estimate of drug-likeness (QED) is 0.704. The van der Waals surface area contributed by atoms with Crippen LogP contribution in [0.3, 0.4) is 0 Å². The first-order valence-corrected chi connectivity index (χ1v) is 10.1. The number of halogens is 1. The second kappa shape index (κ2) is 8.36. The topological polar surface area (TPSA) is 40.5 Å². The van der Waals surface area contributed by atoms with Crippen LogP contribution in [0.1, 0.15) is 55.3 Å². The highest BCUT2D eigenvalue weighted by molar-refractivity contribution is 9.10. The highest BCUT2D eigenvalue weighted by Crippen LogP contribution is 2.34. The maximum absolute atomic E-state index is 11.5. The molecule has 0 saturated carbocycles. The van der Waals surface area contributed by atoms with Gasteiger partial charge in [-0.15, -0.1) is 0 Å². The van der Waals surface area contributed by atoms with Crippen molar-refractivity contribution in [2.75, 3.05) is 13.1 Å². The van der Waals surface area contributed by atoms with Crippen molar-refractivity contribution in [3.05, 3.63) is 69.7 Å². The zero-order valence-electron chi connectivity index (χ0n) is 15.4. The van der Waals surface area contributed by atoms with Gasteiger partial charge in [0.1, 0.15) is 0 Å². The summed E-state index contributed by atoms with van der Waals surface area (Å²) in [6.45, 7) is 5.92. The molecule has 1 saturated heterocycles. The van der Waals surface area contributed by atoms with E-state index in [0.29, 0.717) is 12.5 Å². The molecule has 2 atom stereocenters. The van der Waals surface area contributed by atoms with Gasteiger partial charge in [-0.3, -0.25) is 9.69 Å². The van der Waals surface area contributed by atoms with Crippen LogP contribution in [0, 0.1) is 5.92 Å². The number of carboxylic acid groups (broad SMARTS) is 1. The second-order valence-corrected chi connectivity index (χ2v) is 8.36. The number of nitrogens with zero attached hydrogens (tertiary/aromatic N) is 1. The Morgan fingerprint density at radius 2 is 1.58 bits per heavy atom. The van der Waals surface area contributed by atoms with Gasteiger partial charge >= 0.3 is 5.97 Å². The maximum Gasteiger partial charge on any atom is 0.307 e. The summed E-state index contributed by atoms with van der Waals surface area (Å²) in [5.74, 6) is -0.461. The van der Waals surface area contributed by atoms with Crippen LogP contribution in [0.15, 0.2) is 53.0 Å². The standard InChI is InChI=1S/C22H26BrNO2/c1-15(2)16-5-7-17(8-6-16)21(18-9-11-20(23)12-10-18)24-13-3-4-19(14-24)22(25)26/h5-12,15,19,21H,3-4,13-14H2,1-2H3,(H,25,26). The minimum Gasteiger partial charge on any atom is -0.481 e. The molecule has 3 rings (SSSR count). The SMILES string of the molecule is CC(C)c1ccc(C(c2ccc(Br)cc2)N2CCCC(C(=O)O)C2)cc1. The molecule has 26 heavy (non-hydrogen) atoms. The van der Waals surface area contributed by atoms with Crippen LogP contribution in [0.2, 0.25) is 0 Å². The van der Waals surface area contributed by atoms with Crippen molar-refractivity contribution >= 4 is 21.9 Å². The lowest BCUT2D eigenvalue weighted by Crippen LogP contribution is -2.41. The van der Waals surface area contributed by atoms with Crippen LogP contribution in [0.25, 0.3) is 0 Å². The number of rotatable bonds is 5. The molecule has 2 aromatic carbocycles. The number of likely N-dealkylation sites (tertiary alicyclic amines) is 1. The van der Waals surface area contributed by atoms with Gasteiger partial charge < -0.3 is 5.11 Å². The maximum atomic E-state index is 11.5. The van der Waals surface area contributed by atoms with Crippen LogP contribution in [-0.2, 0) is 4.79 Å². The summed E-state index contributed by atoms with van der Waals surface area (Å²) in [6, 6.07) is 17.3. The molecule has 0 bridgehead atoms. The molecule has 0 aliphatic carbocycles. The van der Waals surface area contributed by atoms with Gasteiger partial charge in [-0.25, -0.2) is 0 Å². The monoisotopic (exact) mass is 415 g/mol. The van der Waals surface area contributed by atoms with E-state index in [9.17, 15) is 9.90 Å². The molecule has 1 aliphatic rings. The van der Waals surface area contributed by atoms with Gasteiger partial charge in [0.2, 0.25) is 0 Å². The van der Waals surface area contributed by atoms with Crippen LogP contribution in [-0.4, -0.2) is 29.1 Å². The highest BCUT2D eigenvalue weighted by atomic mass is 79.9. The predicted molar refractivity (Wildman–Crippen MR) is 108 cm³/mol. The molecule has 4 heteroatoms. The van der Waals surface area contributed by atoms with Gasteiger partial charge in [-0.1, -0.05) is 66.2 Å². The van der Waals surface area contributed by atoms with E-state index in [-0.39, 0.29) is 12.0 Å². The van der Waals surface area contributed by atoms with Crippen molar-refractivity contribution in [3.8, 4) is 0 Å². The number of hydrogen-bond acceptors (Lipinski definition) is 2. The van der Waals surface area contributed by atoms with E-state index in [0.717, 1.165) is 23.9 Å². The lowest BCUT2D eigenvalue weighted by molar-refractivity contribution is -0.143. The van der Waals surface area contributed by atoms with Gasteiger partial charge in [-0.05, 0) is 54.1 Å². The smallest absolute Gasteiger partial charge is 0.307 e. The summed E-state index contributed by atoms with van der Waals surface area (Å²) in [4.78, 5) is 13.9. The number of carboxylic acids is 1. The van der Waals surface area contributed by atoms with Crippen molar-refractivity contribution in [2.45, 2.75) is 38.6 Å². The molecule has 2 unspecified atom stereocenters. The summed E-state index contributed by atoms with van der Waals surface area (Å²) in [5.41, 5.74) is 3.75. The Morgan fingerprint density at radius 1 is 1.04 bits per heavy atom. The largest absolute Gasteiger partial charge is 0.481 e. The minimum atomic E-state index is -0.681. The van der Waals surface area contributed by atoms with E-state index in [2.05, 4.69) is 83.2 Å². The van der Waals surface area contributed by atoms with Crippen molar-refractivity contribution in [1.82, 2.24) is 4.90 Å². The van der Waals surface area contributed by atoms with Crippen LogP contribution in [0.5, 0.6) is 0 Å². The van der Waals surface area contributed by atoms with Gasteiger partial charge in [-0.2, -0.15) is 0 Å². The average Bonchev–Trinajstić information content (AvgIpc) is 2.64. The van der Waals surface area contributed by atoms with Crippen molar-refractivity contribution < 1.29 is 9.90 Å². The van der Waals surface area contributed by atoms with Crippen molar-refractivity contribution in [3.63, 3.8) is 0 Å². The summed E-state index contributed by atoms with van der Waals surface area (Å²) in [7, 11) is 0. The van der Waals surface area contributed by atoms with E-state index >= 15 is 0 Å². The van der Waals surface area contributed by atoms with Crippen LogP contribution in [0.4, 0.5) is 0 Å². The van der Waals surface area contributed by atoms with Gasteiger partial charge in [0, 0.05) is 11.0 Å². The number of benzene rings is 2. The Kier molecular flexibility index (Phi) is 6.15. The lowest BCUT2D eigenvalue weighted by Gasteiger charge is -2.37. The Labute approximate surface area is 164 Å². The van der Waals surface area contributed by atoms with Crippen molar-refractivity contribution in [2.24, 2.45) is 5.92 Å². The number of piperidine rings is 1. The van der Waals surface area contributed by atoms with Gasteiger partial charge in [0.15, 0.2) is 0 Å². The lowest BCUT2D eigenvalue weighted by atomic mass is 9.90. The Morgan fingerprint density at radius 3 is 2.12 bits per heavy atom.